The van der Waals surface area contributed by atoms with Gasteiger partial charge in [0.25, 0.3) is 5.91 Å². The van der Waals surface area contributed by atoms with Crippen LogP contribution in [0.15, 0.2) is 122 Å². The van der Waals surface area contributed by atoms with Gasteiger partial charge in [-0.1, -0.05) is 87.5 Å². The molecule has 0 spiro atoms. The van der Waals surface area contributed by atoms with Gasteiger partial charge in [0.2, 0.25) is 21.8 Å². The van der Waals surface area contributed by atoms with Gasteiger partial charge in [0, 0.05) is 35.4 Å². The molecule has 2 saturated carbocycles. The number of ether oxygens (including phenoxy) is 3. The summed E-state index contributed by atoms with van der Waals surface area (Å²) in [6.07, 6.45) is -4.39. The zero-order valence-electron chi connectivity index (χ0n) is 38.3. The van der Waals surface area contributed by atoms with Gasteiger partial charge in [0.05, 0.1) is 35.2 Å². The lowest BCUT2D eigenvalue weighted by Gasteiger charge is -2.35. The Morgan fingerprint density at radius 1 is 0.913 bits per heavy atom. The van der Waals surface area contributed by atoms with E-state index in [1.807, 2.05) is 48.5 Å². The third-order valence-electron chi connectivity index (χ3n) is 13.0. The zero-order valence-corrected chi connectivity index (χ0v) is 39.2. The van der Waals surface area contributed by atoms with E-state index in [-0.39, 0.29) is 31.6 Å². The van der Waals surface area contributed by atoms with Crippen LogP contribution in [-0.4, -0.2) is 84.2 Å². The maximum absolute atomic E-state index is 15.0. The molecule has 0 radical (unpaired) electrons. The fraction of sp³-hybridized carbons (Fsp3) is 0.353. The molecular weight excluding hydrogens is 916 g/mol. The minimum Gasteiger partial charge on any atom is -0.497 e. The van der Waals surface area contributed by atoms with Crippen molar-refractivity contribution in [3.8, 4) is 28.5 Å². The molecule has 0 bridgehead atoms. The topological polar surface area (TPSA) is 182 Å². The van der Waals surface area contributed by atoms with Gasteiger partial charge >= 0.3 is 12.3 Å². The van der Waals surface area contributed by atoms with Crippen LogP contribution in [0.2, 0.25) is 0 Å². The summed E-state index contributed by atoms with van der Waals surface area (Å²) in [5.74, 6) is -2.40. The fourth-order valence-electron chi connectivity index (χ4n) is 8.80. The van der Waals surface area contributed by atoms with Crippen molar-refractivity contribution in [2.75, 3.05) is 13.7 Å². The highest BCUT2D eigenvalue weighted by atomic mass is 32.2. The number of halogens is 3. The van der Waals surface area contributed by atoms with Crippen LogP contribution < -0.4 is 29.6 Å². The third-order valence-corrected chi connectivity index (χ3v) is 15.1. The lowest BCUT2D eigenvalue weighted by molar-refractivity contribution is -0.142. The smallest absolute Gasteiger partial charge is 0.416 e. The van der Waals surface area contributed by atoms with E-state index in [1.165, 1.54) is 18.1 Å². The molecule has 3 fully saturated rings. The second kappa shape index (κ2) is 18.5. The maximum Gasteiger partial charge on any atom is 0.416 e. The van der Waals surface area contributed by atoms with E-state index >= 15 is 0 Å². The maximum atomic E-state index is 15.0. The Hall–Kier alpha value is -6.95. The number of methoxy groups -OCH3 is 1. The monoisotopic (exact) mass is 967 g/mol. The van der Waals surface area contributed by atoms with Gasteiger partial charge in [-0.2, -0.15) is 13.2 Å². The van der Waals surface area contributed by atoms with Gasteiger partial charge in [0.1, 0.15) is 41.0 Å². The van der Waals surface area contributed by atoms with Crippen molar-refractivity contribution < 1.29 is 55.0 Å². The Balaban J connectivity index is 1.09. The Morgan fingerprint density at radius 2 is 1.57 bits per heavy atom. The first kappa shape index (κ1) is 48.5. The SMILES string of the molecule is C=CC1C[C@@]1(NC(=O)[C@@H]1C[C@@H](Oc2cc(-c3ccccc3)nc3cc(OC)ccc23)CN1C(=O)[C@@H](NC(=O)Oc1ccc(C(F)(F)F)cc1)C(C)(C)C)C(=O)NS(=O)(=O)C1(Cc2ccccc2)CC1. The molecule has 69 heavy (non-hydrogen) atoms. The summed E-state index contributed by atoms with van der Waals surface area (Å²) in [7, 11) is -2.71. The van der Waals surface area contributed by atoms with Crippen LogP contribution in [0.1, 0.15) is 57.6 Å². The average molecular weight is 968 g/mol. The zero-order chi connectivity index (χ0) is 49.5. The first-order valence-electron chi connectivity index (χ1n) is 22.4. The molecule has 3 aliphatic rings. The lowest BCUT2D eigenvalue weighted by atomic mass is 9.85. The summed E-state index contributed by atoms with van der Waals surface area (Å²) in [4.78, 5) is 63.5. The molecule has 3 N–H and O–H groups in total. The molecule has 362 valence electrons. The molecular formula is C51H52F3N5O9S. The first-order valence-corrected chi connectivity index (χ1v) is 23.9. The van der Waals surface area contributed by atoms with Crippen molar-refractivity contribution in [2.24, 2.45) is 11.3 Å². The van der Waals surface area contributed by atoms with E-state index in [4.69, 9.17) is 19.2 Å². The van der Waals surface area contributed by atoms with Gasteiger partial charge in [-0.15, -0.1) is 6.58 Å². The van der Waals surface area contributed by atoms with E-state index in [0.717, 1.165) is 35.4 Å². The Morgan fingerprint density at radius 3 is 2.16 bits per heavy atom. The largest absolute Gasteiger partial charge is 0.497 e. The summed E-state index contributed by atoms with van der Waals surface area (Å²) >= 11 is 0. The predicted molar refractivity (Wildman–Crippen MR) is 250 cm³/mol. The number of fused-ring (bicyclic) bond motifs is 1. The van der Waals surface area contributed by atoms with Crippen LogP contribution in [0.4, 0.5) is 18.0 Å². The van der Waals surface area contributed by atoms with Gasteiger partial charge < -0.3 is 29.7 Å². The highest BCUT2D eigenvalue weighted by Gasteiger charge is 2.64. The van der Waals surface area contributed by atoms with Crippen LogP contribution in [0.5, 0.6) is 17.2 Å². The van der Waals surface area contributed by atoms with Crippen LogP contribution in [0, 0.1) is 11.3 Å². The predicted octanol–water partition coefficient (Wildman–Crippen LogP) is 7.76. The number of hydrogen-bond acceptors (Lipinski definition) is 10. The minimum atomic E-state index is -4.62. The lowest BCUT2D eigenvalue weighted by Crippen LogP contribution is -2.60. The van der Waals surface area contributed by atoms with E-state index in [1.54, 1.807) is 57.2 Å². The van der Waals surface area contributed by atoms with Crippen LogP contribution in [0.3, 0.4) is 0 Å². The van der Waals surface area contributed by atoms with E-state index < -0.39 is 85.4 Å². The molecule has 2 heterocycles. The van der Waals surface area contributed by atoms with Gasteiger partial charge in [-0.05, 0) is 73.1 Å². The van der Waals surface area contributed by atoms with Crippen molar-refractivity contribution >= 4 is 44.7 Å². The standard InChI is InChI=1S/C51H52F3N5O9S/c1-6-33-29-50(33,46(62)58-69(64,65)49(23-24-49)28-31-13-9-7-10-14-31)57-44(60)41-26-37(67-42-27-39(32-15-11-8-12-16-32)55-40-25-36(66-5)21-22-38(40)42)30-59(41)45(61)43(48(2,3)4)56-47(63)68-35-19-17-34(18-20-35)51(52,53)54/h6-22,25,27,33,37,41,43H,1,23-24,26,28-30H2,2-5H3,(H,56,63)(H,57,60)(H,58,62)/t33?,37-,41+,43-,50+/m1/s1. The van der Waals surface area contributed by atoms with E-state index in [0.29, 0.717) is 40.9 Å². The third kappa shape index (κ3) is 10.3. The molecule has 14 nitrogen and oxygen atoms in total. The number of nitrogens with zero attached hydrogens (tertiary/aromatic N) is 2. The van der Waals surface area contributed by atoms with Crippen LogP contribution in [0.25, 0.3) is 22.2 Å². The number of sulfonamides is 1. The number of rotatable bonds is 15. The molecule has 4 aromatic carbocycles. The molecule has 1 aliphatic heterocycles. The van der Waals surface area contributed by atoms with E-state index in [9.17, 15) is 40.8 Å². The van der Waals surface area contributed by atoms with Crippen LogP contribution >= 0.6 is 0 Å². The second-order valence-corrected chi connectivity index (χ2v) is 21.0. The number of amides is 4. The average Bonchev–Trinajstić information content (AvgIpc) is 4.22. The number of carbonyl (C=O) groups is 4. The second-order valence-electron chi connectivity index (χ2n) is 18.9. The highest BCUT2D eigenvalue weighted by Crippen LogP contribution is 2.49. The van der Waals surface area contributed by atoms with E-state index in [2.05, 4.69) is 21.9 Å². The highest BCUT2D eigenvalue weighted by molar-refractivity contribution is 7.91. The normalized spacial score (nSPS) is 21.1. The molecule has 1 aromatic heterocycles. The van der Waals surface area contributed by atoms with Crippen molar-refractivity contribution in [3.05, 3.63) is 133 Å². The van der Waals surface area contributed by atoms with Crippen LogP contribution in [-0.2, 0) is 37.0 Å². The molecule has 1 saturated heterocycles. The first-order chi connectivity index (χ1) is 32.6. The molecule has 2 aliphatic carbocycles. The number of likely N-dealkylation sites (tertiary alicyclic amines) is 1. The quantitative estimate of drug-likeness (QED) is 0.0878. The summed E-state index contributed by atoms with van der Waals surface area (Å²) in [5, 5.41) is 5.97. The Bertz CT molecular complexity index is 2890. The van der Waals surface area contributed by atoms with Crippen molar-refractivity contribution in [1.29, 1.82) is 0 Å². The Kier molecular flexibility index (Phi) is 13.0. The molecule has 8 rings (SSSR count). The van der Waals surface area contributed by atoms with Gasteiger partial charge in [0.15, 0.2) is 0 Å². The number of aromatic nitrogens is 1. The fourth-order valence-corrected chi connectivity index (χ4v) is 10.4. The number of benzene rings is 4. The summed E-state index contributed by atoms with van der Waals surface area (Å²) < 4.78 is 86.2. The van der Waals surface area contributed by atoms with Crippen molar-refractivity contribution in [2.45, 2.75) is 87.5 Å². The summed E-state index contributed by atoms with van der Waals surface area (Å²) in [5.41, 5.74) is -1.03. The Labute approximate surface area is 397 Å². The van der Waals surface area contributed by atoms with Crippen molar-refractivity contribution in [3.63, 3.8) is 0 Å². The summed E-state index contributed by atoms with van der Waals surface area (Å²) in [6, 6.07) is 26.2. The van der Waals surface area contributed by atoms with Gasteiger partial charge in [-0.3, -0.25) is 19.1 Å². The summed E-state index contributed by atoms with van der Waals surface area (Å²) in [6.45, 7) is 8.63. The molecule has 18 heteroatoms. The molecule has 5 aromatic rings. The molecule has 4 amide bonds. The van der Waals surface area contributed by atoms with Gasteiger partial charge in [-0.25, -0.2) is 18.2 Å². The number of nitrogens with one attached hydrogen (secondary N) is 3. The molecule has 5 atom stereocenters. The number of pyridine rings is 1. The minimum absolute atomic E-state index is 0.0343. The number of alkyl halides is 3. The molecule has 1 unspecified atom stereocenters. The number of carbonyl (C=O) groups excluding carboxylic acids is 4. The number of hydrogen-bond donors (Lipinski definition) is 3. The van der Waals surface area contributed by atoms with Crippen molar-refractivity contribution in [1.82, 2.24) is 25.2 Å².